The zero-order valence-electron chi connectivity index (χ0n) is 8.42. The first-order valence-corrected chi connectivity index (χ1v) is 4.95. The molecule has 80 valence electrons. The molecule has 1 aliphatic heterocycles. The van der Waals surface area contributed by atoms with Crippen molar-refractivity contribution in [1.29, 1.82) is 0 Å². The second-order valence-electron chi connectivity index (χ2n) is 3.70. The summed E-state index contributed by atoms with van der Waals surface area (Å²) >= 11 is 0. The number of hydrogen-bond acceptors (Lipinski definition) is 5. The molecule has 1 aromatic heterocycles. The molecule has 0 atom stereocenters. The first kappa shape index (κ1) is 9.17. The van der Waals surface area contributed by atoms with Crippen LogP contribution in [0.25, 0.3) is 10.9 Å². The van der Waals surface area contributed by atoms with Crippen LogP contribution in [0, 0.1) is 0 Å². The molecule has 0 spiro atoms. The summed E-state index contributed by atoms with van der Waals surface area (Å²) in [6.07, 6.45) is 2.74. The SMILES string of the molecule is NN1C(=O)CCc2ccc3nnncc3c21. The van der Waals surface area contributed by atoms with Gasteiger partial charge in [0.05, 0.1) is 17.4 Å². The molecule has 0 bridgehead atoms. The van der Waals surface area contributed by atoms with Crippen molar-refractivity contribution in [2.75, 3.05) is 5.01 Å². The molecule has 6 nitrogen and oxygen atoms in total. The summed E-state index contributed by atoms with van der Waals surface area (Å²) in [5, 5.41) is 13.1. The summed E-state index contributed by atoms with van der Waals surface area (Å²) in [6.45, 7) is 0. The Hall–Kier alpha value is -2.08. The Bertz CT molecular complexity index is 582. The summed E-state index contributed by atoms with van der Waals surface area (Å²) < 4.78 is 0. The summed E-state index contributed by atoms with van der Waals surface area (Å²) in [6, 6.07) is 3.80. The van der Waals surface area contributed by atoms with Crippen LogP contribution in [-0.2, 0) is 11.2 Å². The number of fused-ring (bicyclic) bond motifs is 3. The van der Waals surface area contributed by atoms with Gasteiger partial charge in [0.1, 0.15) is 0 Å². The van der Waals surface area contributed by atoms with Crippen molar-refractivity contribution < 1.29 is 4.79 Å². The number of anilines is 1. The van der Waals surface area contributed by atoms with E-state index in [2.05, 4.69) is 15.4 Å². The highest BCUT2D eigenvalue weighted by Gasteiger charge is 2.23. The van der Waals surface area contributed by atoms with Gasteiger partial charge in [0, 0.05) is 11.8 Å². The number of hydrogen-bond donors (Lipinski definition) is 1. The molecule has 1 amide bonds. The van der Waals surface area contributed by atoms with E-state index in [0.29, 0.717) is 24.0 Å². The number of hydrazine groups is 1. The predicted octanol–water partition coefficient (Wildman–Crippen LogP) is 0.178. The molecule has 0 unspecified atom stereocenters. The minimum absolute atomic E-state index is 0.0863. The summed E-state index contributed by atoms with van der Waals surface area (Å²) in [4.78, 5) is 11.5. The molecule has 0 radical (unpaired) electrons. The third-order valence-electron chi connectivity index (χ3n) is 2.79. The molecule has 6 heteroatoms. The van der Waals surface area contributed by atoms with Gasteiger partial charge in [0.15, 0.2) is 0 Å². The maximum Gasteiger partial charge on any atom is 0.241 e. The highest BCUT2D eigenvalue weighted by atomic mass is 16.2. The molecule has 2 N–H and O–H groups in total. The smallest absolute Gasteiger partial charge is 0.241 e. The normalized spacial score (nSPS) is 15.3. The Kier molecular flexibility index (Phi) is 1.84. The number of amides is 1. The Morgan fingerprint density at radius 3 is 3.06 bits per heavy atom. The first-order chi connectivity index (χ1) is 7.77. The number of carbonyl (C=O) groups is 1. The van der Waals surface area contributed by atoms with Gasteiger partial charge in [-0.25, -0.2) is 10.9 Å². The molecule has 16 heavy (non-hydrogen) atoms. The van der Waals surface area contributed by atoms with Gasteiger partial charge < -0.3 is 0 Å². The number of carbonyl (C=O) groups excluding carboxylic acids is 1. The molecule has 0 aliphatic carbocycles. The van der Waals surface area contributed by atoms with E-state index in [1.54, 1.807) is 6.20 Å². The first-order valence-electron chi connectivity index (χ1n) is 4.95. The van der Waals surface area contributed by atoms with Gasteiger partial charge in [-0.2, -0.15) is 0 Å². The number of nitrogens with zero attached hydrogens (tertiary/aromatic N) is 4. The highest BCUT2D eigenvalue weighted by molar-refractivity contribution is 6.04. The number of benzene rings is 1. The highest BCUT2D eigenvalue weighted by Crippen LogP contribution is 2.31. The number of aryl methyl sites for hydroxylation is 1. The molecule has 3 rings (SSSR count). The lowest BCUT2D eigenvalue weighted by molar-refractivity contribution is -0.118. The number of aromatic nitrogens is 3. The Morgan fingerprint density at radius 1 is 1.31 bits per heavy atom. The zero-order chi connectivity index (χ0) is 11.1. The van der Waals surface area contributed by atoms with E-state index in [-0.39, 0.29) is 5.91 Å². The van der Waals surface area contributed by atoms with Crippen LogP contribution in [0.5, 0.6) is 0 Å². The summed E-state index contributed by atoms with van der Waals surface area (Å²) in [5.74, 6) is 5.68. The molecule has 2 heterocycles. The lowest BCUT2D eigenvalue weighted by Gasteiger charge is -2.25. The van der Waals surface area contributed by atoms with E-state index < -0.39 is 0 Å². The second-order valence-corrected chi connectivity index (χ2v) is 3.70. The third kappa shape index (κ3) is 1.17. The summed E-state index contributed by atoms with van der Waals surface area (Å²) in [5.41, 5.74) is 2.44. The molecule has 0 saturated carbocycles. The van der Waals surface area contributed by atoms with Crippen LogP contribution in [0.1, 0.15) is 12.0 Å². The molecule has 0 saturated heterocycles. The van der Waals surface area contributed by atoms with Crippen molar-refractivity contribution in [2.24, 2.45) is 5.84 Å². The van der Waals surface area contributed by atoms with E-state index in [0.717, 1.165) is 10.9 Å². The Morgan fingerprint density at radius 2 is 2.19 bits per heavy atom. The van der Waals surface area contributed by atoms with Crippen LogP contribution in [0.2, 0.25) is 0 Å². The van der Waals surface area contributed by atoms with E-state index in [1.807, 2.05) is 12.1 Å². The van der Waals surface area contributed by atoms with E-state index in [1.165, 1.54) is 5.01 Å². The van der Waals surface area contributed by atoms with E-state index >= 15 is 0 Å². The van der Waals surface area contributed by atoms with Crippen molar-refractivity contribution in [2.45, 2.75) is 12.8 Å². The molecule has 1 aliphatic rings. The van der Waals surface area contributed by atoms with Crippen molar-refractivity contribution in [3.8, 4) is 0 Å². The summed E-state index contributed by atoms with van der Waals surface area (Å²) in [7, 11) is 0. The fourth-order valence-electron chi connectivity index (χ4n) is 1.99. The topological polar surface area (TPSA) is 85.0 Å². The lowest BCUT2D eigenvalue weighted by atomic mass is 10.00. The largest absolute Gasteiger partial charge is 0.273 e. The van der Waals surface area contributed by atoms with Crippen LogP contribution in [0.3, 0.4) is 0 Å². The molecular weight excluding hydrogens is 206 g/mol. The minimum atomic E-state index is -0.0863. The van der Waals surface area contributed by atoms with Crippen LogP contribution < -0.4 is 10.9 Å². The van der Waals surface area contributed by atoms with Gasteiger partial charge in [-0.1, -0.05) is 6.07 Å². The van der Waals surface area contributed by atoms with E-state index in [9.17, 15) is 4.79 Å². The van der Waals surface area contributed by atoms with Crippen molar-refractivity contribution in [1.82, 2.24) is 15.4 Å². The van der Waals surface area contributed by atoms with E-state index in [4.69, 9.17) is 5.84 Å². The van der Waals surface area contributed by atoms with Crippen LogP contribution in [-0.4, -0.2) is 21.3 Å². The zero-order valence-corrected chi connectivity index (χ0v) is 8.42. The Balaban J connectivity index is 2.36. The average Bonchev–Trinajstić information content (AvgIpc) is 2.33. The van der Waals surface area contributed by atoms with Gasteiger partial charge in [-0.3, -0.25) is 4.79 Å². The fraction of sp³-hybridized carbons (Fsp3) is 0.200. The number of rotatable bonds is 0. The predicted molar refractivity (Wildman–Crippen MR) is 57.3 cm³/mol. The van der Waals surface area contributed by atoms with Crippen molar-refractivity contribution >= 4 is 22.5 Å². The van der Waals surface area contributed by atoms with Gasteiger partial charge >= 0.3 is 0 Å². The maximum absolute atomic E-state index is 11.5. The van der Waals surface area contributed by atoms with Gasteiger partial charge in [-0.15, -0.1) is 10.2 Å². The van der Waals surface area contributed by atoms with Gasteiger partial charge in [-0.05, 0) is 23.3 Å². The fourth-order valence-corrected chi connectivity index (χ4v) is 1.99. The molecule has 2 aromatic rings. The van der Waals surface area contributed by atoms with Crippen LogP contribution in [0.15, 0.2) is 18.3 Å². The average molecular weight is 215 g/mol. The lowest BCUT2D eigenvalue weighted by Crippen LogP contribution is -2.41. The van der Waals surface area contributed by atoms with Gasteiger partial charge in [0.25, 0.3) is 0 Å². The van der Waals surface area contributed by atoms with Crippen LogP contribution in [0.4, 0.5) is 5.69 Å². The standard InChI is InChI=1S/C10H9N5O/c11-15-9(16)4-2-6-1-3-8-7(10(6)15)5-12-14-13-8/h1,3,5H,2,4,11H2. The number of nitrogens with two attached hydrogens (primary N) is 1. The van der Waals surface area contributed by atoms with Crippen molar-refractivity contribution in [3.63, 3.8) is 0 Å². The van der Waals surface area contributed by atoms with Crippen LogP contribution >= 0.6 is 0 Å². The van der Waals surface area contributed by atoms with Crippen molar-refractivity contribution in [3.05, 3.63) is 23.9 Å². The minimum Gasteiger partial charge on any atom is -0.273 e. The molecule has 1 aromatic carbocycles. The quantitative estimate of drug-likeness (QED) is 0.500. The van der Waals surface area contributed by atoms with Gasteiger partial charge in [0.2, 0.25) is 5.91 Å². The Labute approximate surface area is 91.0 Å². The maximum atomic E-state index is 11.5. The second kappa shape index (κ2) is 3.21. The molecule has 0 fully saturated rings. The monoisotopic (exact) mass is 215 g/mol. The molecular formula is C10H9N5O. The third-order valence-corrected chi connectivity index (χ3v) is 2.79.